The van der Waals surface area contributed by atoms with Crippen LogP contribution in [0, 0.1) is 0 Å². The molecule has 0 bridgehead atoms. The molecule has 0 aromatic heterocycles. The number of hydrogen-bond donors (Lipinski definition) is 1. The molecule has 0 amide bonds. The van der Waals surface area contributed by atoms with Gasteiger partial charge < -0.3 is 28.5 Å². The lowest BCUT2D eigenvalue weighted by atomic mass is 10.0. The van der Waals surface area contributed by atoms with Gasteiger partial charge in [-0.05, 0) is 96.3 Å². The summed E-state index contributed by atoms with van der Waals surface area (Å²) < 4.78 is 23.0. The molecule has 526 valence electrons. The summed E-state index contributed by atoms with van der Waals surface area (Å²) in [6, 6.07) is 0. The lowest BCUT2D eigenvalue weighted by Crippen LogP contribution is -2.40. The van der Waals surface area contributed by atoms with Gasteiger partial charge in [-0.3, -0.25) is 9.59 Å². The molecule has 0 rings (SSSR count). The van der Waals surface area contributed by atoms with Gasteiger partial charge in [-0.2, -0.15) is 0 Å². The Hall–Kier alpha value is -3.79. The standard InChI is InChI=1S/C82H145NO8/c1-6-8-10-12-14-16-18-20-22-24-26-28-30-32-34-36-37-38-39-40-41-42-43-45-46-48-50-52-54-56-58-60-62-64-66-68-70-72-79(84)89-76-78(77-90-82(81(86)87)88-75-74-83(3,4)5)91-80(85)73-71-69-67-65-63-61-59-57-55-53-51-49-47-44-35-33-31-29-27-25-23-21-19-17-15-13-11-9-7-2/h9,11,15,17,21,23-24,26-27,29,33,35,47,49,53,55,78,82H,6-8,10,12-14,16,18-20,22,25,28,30-32,34,36-46,48,50-52,54,56-77H2,1-5H3/p+1/b11-9-,17-15-,23-21-,26-24-,29-27-,35-33-,49-47-,55-53-. The number of ether oxygens (including phenoxy) is 4. The second-order valence-electron chi connectivity index (χ2n) is 26.9. The van der Waals surface area contributed by atoms with Gasteiger partial charge in [0.1, 0.15) is 13.2 Å². The number of esters is 2. The number of quaternary nitrogens is 1. The van der Waals surface area contributed by atoms with E-state index < -0.39 is 24.3 Å². The largest absolute Gasteiger partial charge is 0.477 e. The number of rotatable bonds is 71. The average Bonchev–Trinajstić information content (AvgIpc) is 3.66. The Morgan fingerprint density at radius 2 is 0.626 bits per heavy atom. The van der Waals surface area contributed by atoms with Crippen molar-refractivity contribution in [2.24, 2.45) is 0 Å². The van der Waals surface area contributed by atoms with Crippen LogP contribution in [0.5, 0.6) is 0 Å². The number of nitrogens with zero attached hydrogens (tertiary/aromatic N) is 1. The van der Waals surface area contributed by atoms with Crippen molar-refractivity contribution in [2.75, 3.05) is 47.5 Å². The van der Waals surface area contributed by atoms with E-state index in [1.165, 1.54) is 225 Å². The van der Waals surface area contributed by atoms with E-state index in [1.807, 2.05) is 21.1 Å². The number of carbonyl (C=O) groups is 3. The van der Waals surface area contributed by atoms with Crippen LogP contribution in [-0.4, -0.2) is 87.4 Å². The fourth-order valence-electron chi connectivity index (χ4n) is 11.0. The number of unbranched alkanes of at least 4 members (excludes halogenated alkanes) is 40. The van der Waals surface area contributed by atoms with Gasteiger partial charge in [-0.25, -0.2) is 4.79 Å². The van der Waals surface area contributed by atoms with E-state index in [2.05, 4.69) is 111 Å². The van der Waals surface area contributed by atoms with Crippen molar-refractivity contribution in [3.63, 3.8) is 0 Å². The molecule has 0 aromatic rings. The lowest BCUT2D eigenvalue weighted by molar-refractivity contribution is -0.870. The zero-order chi connectivity index (χ0) is 66.1. The predicted molar refractivity (Wildman–Crippen MR) is 392 cm³/mol. The summed E-state index contributed by atoms with van der Waals surface area (Å²) in [5.74, 6) is -2.01. The molecule has 91 heavy (non-hydrogen) atoms. The number of hydrogen-bond acceptors (Lipinski definition) is 7. The second kappa shape index (κ2) is 72.0. The van der Waals surface area contributed by atoms with Gasteiger partial charge in [0.2, 0.25) is 0 Å². The summed E-state index contributed by atoms with van der Waals surface area (Å²) in [4.78, 5) is 37.7. The number of aliphatic carboxylic acids is 1. The first-order valence-electron chi connectivity index (χ1n) is 38.4. The van der Waals surface area contributed by atoms with Crippen molar-refractivity contribution in [1.29, 1.82) is 0 Å². The molecule has 0 spiro atoms. The SMILES string of the molecule is CC/C=C\C/C=C\C/C=C\C/C=C\C/C=C\C/C=C\C/C=C\CCCCCCCCCC(=O)OC(COC(=O)CCCCCCCCCCCCCCCCCCCCCCCCCCC/C=C\CCCCCCCCCC)COC(OCC[N+](C)(C)C)C(=O)O. The molecule has 2 unspecified atom stereocenters. The van der Waals surface area contributed by atoms with E-state index in [9.17, 15) is 19.5 Å². The number of carbonyl (C=O) groups excluding carboxylic acids is 2. The molecule has 2 atom stereocenters. The lowest BCUT2D eigenvalue weighted by Gasteiger charge is -2.25. The van der Waals surface area contributed by atoms with Crippen LogP contribution in [0.3, 0.4) is 0 Å². The fraction of sp³-hybridized carbons (Fsp3) is 0.768. The third-order valence-electron chi connectivity index (χ3n) is 16.8. The first-order valence-corrected chi connectivity index (χ1v) is 38.4. The fourth-order valence-corrected chi connectivity index (χ4v) is 11.0. The van der Waals surface area contributed by atoms with Gasteiger partial charge in [0.05, 0.1) is 34.4 Å². The summed E-state index contributed by atoms with van der Waals surface area (Å²) in [5, 5.41) is 9.76. The third-order valence-corrected chi connectivity index (χ3v) is 16.8. The van der Waals surface area contributed by atoms with Crippen molar-refractivity contribution in [2.45, 2.75) is 360 Å². The zero-order valence-electron chi connectivity index (χ0n) is 60.2. The van der Waals surface area contributed by atoms with E-state index in [0.717, 1.165) is 89.9 Å². The minimum absolute atomic E-state index is 0.182. The van der Waals surface area contributed by atoms with E-state index in [0.29, 0.717) is 23.9 Å². The molecule has 0 saturated carbocycles. The Morgan fingerprint density at radius 1 is 0.341 bits per heavy atom. The maximum atomic E-state index is 13.0. The molecule has 0 heterocycles. The van der Waals surface area contributed by atoms with E-state index >= 15 is 0 Å². The van der Waals surface area contributed by atoms with Crippen LogP contribution in [0.25, 0.3) is 0 Å². The van der Waals surface area contributed by atoms with Crippen LogP contribution >= 0.6 is 0 Å². The summed E-state index contributed by atoms with van der Waals surface area (Å²) in [6.45, 7) is 4.79. The molecule has 0 aliphatic carbocycles. The van der Waals surface area contributed by atoms with Crippen molar-refractivity contribution in [1.82, 2.24) is 0 Å². The van der Waals surface area contributed by atoms with E-state index in [1.54, 1.807) is 0 Å². The smallest absolute Gasteiger partial charge is 0.361 e. The number of allylic oxidation sites excluding steroid dienone is 16. The molecule has 0 aliphatic rings. The Morgan fingerprint density at radius 3 is 0.945 bits per heavy atom. The van der Waals surface area contributed by atoms with Gasteiger partial charge >= 0.3 is 17.9 Å². The summed E-state index contributed by atoms with van der Waals surface area (Å²) >= 11 is 0. The van der Waals surface area contributed by atoms with Gasteiger partial charge in [0, 0.05) is 12.8 Å². The quantitative estimate of drug-likeness (QED) is 0.0211. The molecule has 9 nitrogen and oxygen atoms in total. The highest BCUT2D eigenvalue weighted by Gasteiger charge is 2.25. The first kappa shape index (κ1) is 87.2. The van der Waals surface area contributed by atoms with E-state index in [-0.39, 0.29) is 32.2 Å². The molecule has 0 aliphatic heterocycles. The van der Waals surface area contributed by atoms with Gasteiger partial charge in [0.15, 0.2) is 6.10 Å². The topological polar surface area (TPSA) is 108 Å². The minimum atomic E-state index is -1.52. The average molecular weight is 1270 g/mol. The monoisotopic (exact) mass is 1270 g/mol. The predicted octanol–water partition coefficient (Wildman–Crippen LogP) is 24.4. The molecule has 0 aromatic carbocycles. The Kier molecular flexibility index (Phi) is 69.0. The van der Waals surface area contributed by atoms with Crippen LogP contribution in [-0.2, 0) is 33.3 Å². The highest BCUT2D eigenvalue weighted by Crippen LogP contribution is 2.18. The highest BCUT2D eigenvalue weighted by molar-refractivity contribution is 5.71. The minimum Gasteiger partial charge on any atom is -0.477 e. The normalized spacial score (nSPS) is 13.2. The van der Waals surface area contributed by atoms with Crippen LogP contribution in [0.15, 0.2) is 97.2 Å². The van der Waals surface area contributed by atoms with Crippen LogP contribution < -0.4 is 0 Å². The summed E-state index contributed by atoms with van der Waals surface area (Å²) in [6.07, 6.45) is 97.0. The van der Waals surface area contributed by atoms with Crippen LogP contribution in [0.4, 0.5) is 0 Å². The van der Waals surface area contributed by atoms with Crippen molar-refractivity contribution in [3.8, 4) is 0 Å². The Bertz CT molecular complexity index is 1820. The molecular weight excluding hydrogens is 1130 g/mol. The van der Waals surface area contributed by atoms with Crippen molar-refractivity contribution in [3.05, 3.63) is 97.2 Å². The summed E-state index contributed by atoms with van der Waals surface area (Å²) in [7, 11) is 5.98. The Labute approximate surface area is 562 Å². The molecule has 0 fully saturated rings. The highest BCUT2D eigenvalue weighted by atomic mass is 16.7. The van der Waals surface area contributed by atoms with Crippen molar-refractivity contribution >= 4 is 17.9 Å². The molecule has 1 N–H and O–H groups in total. The van der Waals surface area contributed by atoms with Gasteiger partial charge in [0.25, 0.3) is 6.29 Å². The number of likely N-dealkylation sites (N-methyl/N-ethyl adjacent to an activating group) is 1. The number of carboxylic acid groups (broad SMARTS) is 1. The molecule has 9 heteroatoms. The van der Waals surface area contributed by atoms with Gasteiger partial charge in [-0.15, -0.1) is 0 Å². The maximum absolute atomic E-state index is 13.0. The van der Waals surface area contributed by atoms with Crippen LogP contribution in [0.1, 0.15) is 348 Å². The van der Waals surface area contributed by atoms with Crippen LogP contribution in [0.2, 0.25) is 0 Å². The molecule has 0 radical (unpaired) electrons. The Balaban J connectivity index is 4.05. The third kappa shape index (κ3) is 73.5. The molecular formula is C82H146NO8+. The summed E-state index contributed by atoms with van der Waals surface area (Å²) in [5.41, 5.74) is 0. The number of carboxylic acids is 1. The zero-order valence-corrected chi connectivity index (χ0v) is 60.2. The van der Waals surface area contributed by atoms with Gasteiger partial charge in [-0.1, -0.05) is 336 Å². The first-order chi connectivity index (χ1) is 44.6. The molecule has 0 saturated heterocycles. The van der Waals surface area contributed by atoms with Crippen molar-refractivity contribution < 1.29 is 42.9 Å². The van der Waals surface area contributed by atoms with E-state index in [4.69, 9.17) is 18.9 Å². The maximum Gasteiger partial charge on any atom is 0.361 e. The second-order valence-corrected chi connectivity index (χ2v) is 26.9.